The van der Waals surface area contributed by atoms with Gasteiger partial charge in [-0.1, -0.05) is 58.4 Å². The molecule has 0 aliphatic carbocycles. The standard InChI is InChI=1S/C24H38N2O2/c1-6-8-23(27)19-25(15-16-28-5)18-22-9-7-14-26(22)17-20-10-12-21(13-11-20)24(2,3)4/h7,9-14,23,27H,6,8,15-19H2,1-5H3/t23-/m1/s1. The fourth-order valence-electron chi connectivity index (χ4n) is 3.46. The molecule has 2 aromatic rings. The van der Waals surface area contributed by atoms with E-state index >= 15 is 0 Å². The van der Waals surface area contributed by atoms with E-state index in [1.165, 1.54) is 16.8 Å². The summed E-state index contributed by atoms with van der Waals surface area (Å²) in [6.45, 7) is 12.7. The van der Waals surface area contributed by atoms with E-state index in [0.717, 1.165) is 32.5 Å². The Morgan fingerprint density at radius 3 is 2.46 bits per heavy atom. The van der Waals surface area contributed by atoms with E-state index in [1.807, 2.05) is 0 Å². The summed E-state index contributed by atoms with van der Waals surface area (Å²) in [7, 11) is 1.73. The number of nitrogens with zero attached hydrogens (tertiary/aromatic N) is 2. The van der Waals surface area contributed by atoms with Crippen LogP contribution in [0.25, 0.3) is 0 Å². The molecule has 1 N–H and O–H groups in total. The number of rotatable bonds is 11. The molecule has 1 aromatic heterocycles. The summed E-state index contributed by atoms with van der Waals surface area (Å²) in [5, 5.41) is 10.3. The maximum Gasteiger partial charge on any atom is 0.0667 e. The molecule has 0 aliphatic rings. The molecule has 0 spiro atoms. The zero-order valence-corrected chi connectivity index (χ0v) is 18.3. The molecule has 0 saturated carbocycles. The fraction of sp³-hybridized carbons (Fsp3) is 0.583. The number of ether oxygens (including phenoxy) is 1. The third-order valence-electron chi connectivity index (χ3n) is 5.18. The molecule has 0 unspecified atom stereocenters. The Hall–Kier alpha value is -1.62. The molecule has 156 valence electrons. The maximum atomic E-state index is 10.3. The summed E-state index contributed by atoms with van der Waals surface area (Å²) in [6.07, 6.45) is 3.70. The molecular weight excluding hydrogens is 348 g/mol. The molecule has 0 aliphatic heterocycles. The highest BCUT2D eigenvalue weighted by atomic mass is 16.5. The van der Waals surface area contributed by atoms with Crippen molar-refractivity contribution in [3.63, 3.8) is 0 Å². The average molecular weight is 387 g/mol. The van der Waals surface area contributed by atoms with Gasteiger partial charge in [0.1, 0.15) is 0 Å². The van der Waals surface area contributed by atoms with Gasteiger partial charge in [0.05, 0.1) is 12.7 Å². The average Bonchev–Trinajstić information content (AvgIpc) is 3.06. The Balaban J connectivity index is 2.06. The number of aromatic nitrogens is 1. The van der Waals surface area contributed by atoms with Crippen LogP contribution in [0.5, 0.6) is 0 Å². The first-order chi connectivity index (χ1) is 13.3. The molecule has 0 saturated heterocycles. The molecule has 2 rings (SSSR count). The normalized spacial score (nSPS) is 13.2. The Bertz CT molecular complexity index is 685. The predicted octanol–water partition coefficient (Wildman–Crippen LogP) is 4.44. The predicted molar refractivity (Wildman–Crippen MR) is 117 cm³/mol. The van der Waals surface area contributed by atoms with Crippen LogP contribution in [0.1, 0.15) is 57.4 Å². The van der Waals surface area contributed by atoms with E-state index in [2.05, 4.69) is 79.8 Å². The van der Waals surface area contributed by atoms with Crippen LogP contribution in [0, 0.1) is 0 Å². The summed E-state index contributed by atoms with van der Waals surface area (Å²) in [6, 6.07) is 13.2. The van der Waals surface area contributed by atoms with E-state index in [4.69, 9.17) is 4.74 Å². The Kier molecular flexibility index (Phi) is 8.74. The quantitative estimate of drug-likeness (QED) is 0.620. The van der Waals surface area contributed by atoms with Crippen molar-refractivity contribution in [1.29, 1.82) is 0 Å². The second-order valence-corrected chi connectivity index (χ2v) is 8.74. The van der Waals surface area contributed by atoms with Crippen molar-refractivity contribution in [2.75, 3.05) is 26.8 Å². The van der Waals surface area contributed by atoms with Gasteiger partial charge in [0.25, 0.3) is 0 Å². The van der Waals surface area contributed by atoms with Crippen molar-refractivity contribution in [1.82, 2.24) is 9.47 Å². The van der Waals surface area contributed by atoms with E-state index in [1.54, 1.807) is 7.11 Å². The van der Waals surface area contributed by atoms with E-state index in [-0.39, 0.29) is 11.5 Å². The summed E-state index contributed by atoms with van der Waals surface area (Å²) in [5.41, 5.74) is 4.11. The van der Waals surface area contributed by atoms with Crippen molar-refractivity contribution < 1.29 is 9.84 Å². The summed E-state index contributed by atoms with van der Waals surface area (Å²) < 4.78 is 7.57. The van der Waals surface area contributed by atoms with Crippen molar-refractivity contribution in [3.05, 3.63) is 59.4 Å². The minimum atomic E-state index is -0.282. The highest BCUT2D eigenvalue weighted by Gasteiger charge is 2.15. The lowest BCUT2D eigenvalue weighted by molar-refractivity contribution is 0.0788. The van der Waals surface area contributed by atoms with Gasteiger partial charge in [-0.05, 0) is 35.1 Å². The van der Waals surface area contributed by atoms with Crippen molar-refractivity contribution >= 4 is 0 Å². The summed E-state index contributed by atoms with van der Waals surface area (Å²) in [5.74, 6) is 0. The lowest BCUT2D eigenvalue weighted by Crippen LogP contribution is -2.35. The molecule has 1 heterocycles. The van der Waals surface area contributed by atoms with Gasteiger partial charge in [-0.25, -0.2) is 0 Å². The van der Waals surface area contributed by atoms with Crippen LogP contribution in [0.4, 0.5) is 0 Å². The molecule has 0 bridgehead atoms. The van der Waals surface area contributed by atoms with Crippen LogP contribution in [-0.2, 0) is 23.2 Å². The van der Waals surface area contributed by atoms with Crippen LogP contribution < -0.4 is 0 Å². The van der Waals surface area contributed by atoms with Gasteiger partial charge in [0.15, 0.2) is 0 Å². The molecule has 1 atom stereocenters. The van der Waals surface area contributed by atoms with Crippen LogP contribution >= 0.6 is 0 Å². The third-order valence-corrected chi connectivity index (χ3v) is 5.18. The van der Waals surface area contributed by atoms with Gasteiger partial charge >= 0.3 is 0 Å². The smallest absolute Gasteiger partial charge is 0.0667 e. The summed E-state index contributed by atoms with van der Waals surface area (Å²) >= 11 is 0. The summed E-state index contributed by atoms with van der Waals surface area (Å²) in [4.78, 5) is 2.29. The molecule has 0 amide bonds. The SMILES string of the molecule is CCC[C@@H](O)CN(CCOC)Cc1cccn1Cc1ccc(C(C)(C)C)cc1. The molecule has 1 aromatic carbocycles. The lowest BCUT2D eigenvalue weighted by Gasteiger charge is -2.25. The van der Waals surface area contributed by atoms with Crippen LogP contribution in [0.3, 0.4) is 0 Å². The highest BCUT2D eigenvalue weighted by Crippen LogP contribution is 2.22. The number of methoxy groups -OCH3 is 1. The van der Waals surface area contributed by atoms with Gasteiger partial charge < -0.3 is 14.4 Å². The highest BCUT2D eigenvalue weighted by molar-refractivity contribution is 5.28. The van der Waals surface area contributed by atoms with Crippen LogP contribution in [0.15, 0.2) is 42.6 Å². The molecule has 0 fully saturated rings. The molecule has 4 heteroatoms. The number of aliphatic hydroxyl groups is 1. The number of aliphatic hydroxyl groups excluding tert-OH is 1. The van der Waals surface area contributed by atoms with Gasteiger partial charge in [-0.15, -0.1) is 0 Å². The van der Waals surface area contributed by atoms with Crippen LogP contribution in [-0.4, -0.2) is 47.5 Å². The number of hydrogen-bond donors (Lipinski definition) is 1. The lowest BCUT2D eigenvalue weighted by atomic mass is 9.87. The van der Waals surface area contributed by atoms with E-state index in [9.17, 15) is 5.11 Å². The second kappa shape index (κ2) is 10.8. The Morgan fingerprint density at radius 2 is 1.86 bits per heavy atom. The van der Waals surface area contributed by atoms with E-state index < -0.39 is 0 Å². The first-order valence-electron chi connectivity index (χ1n) is 10.5. The minimum Gasteiger partial charge on any atom is -0.392 e. The first kappa shape index (κ1) is 22.7. The third kappa shape index (κ3) is 7.08. The molecule has 0 radical (unpaired) electrons. The van der Waals surface area contributed by atoms with Gasteiger partial charge in [-0.3, -0.25) is 4.90 Å². The topological polar surface area (TPSA) is 37.6 Å². The largest absolute Gasteiger partial charge is 0.392 e. The Labute approximate surface area is 171 Å². The number of hydrogen-bond acceptors (Lipinski definition) is 3. The molecule has 28 heavy (non-hydrogen) atoms. The van der Waals surface area contributed by atoms with Gasteiger partial charge in [0.2, 0.25) is 0 Å². The second-order valence-electron chi connectivity index (χ2n) is 8.74. The van der Waals surface area contributed by atoms with Gasteiger partial charge in [0, 0.05) is 45.2 Å². The zero-order valence-electron chi connectivity index (χ0n) is 18.3. The zero-order chi connectivity index (χ0) is 20.6. The van der Waals surface area contributed by atoms with E-state index in [0.29, 0.717) is 13.2 Å². The van der Waals surface area contributed by atoms with Crippen molar-refractivity contribution in [3.8, 4) is 0 Å². The maximum absolute atomic E-state index is 10.3. The first-order valence-corrected chi connectivity index (χ1v) is 10.5. The van der Waals surface area contributed by atoms with Gasteiger partial charge in [-0.2, -0.15) is 0 Å². The van der Waals surface area contributed by atoms with Crippen LogP contribution in [0.2, 0.25) is 0 Å². The minimum absolute atomic E-state index is 0.179. The Morgan fingerprint density at radius 1 is 1.14 bits per heavy atom. The van der Waals surface area contributed by atoms with Crippen molar-refractivity contribution in [2.24, 2.45) is 0 Å². The number of benzene rings is 1. The molecular formula is C24H38N2O2. The van der Waals surface area contributed by atoms with Crippen molar-refractivity contribution in [2.45, 2.75) is 65.1 Å². The monoisotopic (exact) mass is 386 g/mol. The fourth-order valence-corrected chi connectivity index (χ4v) is 3.46. The molecule has 4 nitrogen and oxygen atoms in total.